The SMILES string of the molecule is C[C@@H](NC(=O)[C@@H]1[C@@H](CO)[C@@H]2Cn3c(ccc(-c4ccccc4)c3=O)[C@H]1N2C)c1ccccc1. The Kier molecular flexibility index (Phi) is 5.64. The second kappa shape index (κ2) is 8.61. The highest BCUT2D eigenvalue weighted by Gasteiger charge is 2.54. The van der Waals surface area contributed by atoms with E-state index in [1.165, 1.54) is 0 Å². The maximum atomic E-state index is 13.5. The lowest BCUT2D eigenvalue weighted by Crippen LogP contribution is -2.44. The standard InChI is InChI=1S/C27H29N3O3/c1-17(18-9-5-3-6-10-18)28-26(32)24-21(16-31)23-15-30-22(25(24)29(23)2)14-13-20(27(30)33)19-11-7-4-8-12-19/h3-14,17,21,23-25,31H,15-16H2,1-2H3,(H,28,32)/t17-,21+,23+,24-,25-/m1/s1. The smallest absolute Gasteiger partial charge is 0.258 e. The number of pyridine rings is 1. The fraction of sp³-hybridized carbons (Fsp3) is 0.333. The lowest BCUT2D eigenvalue weighted by atomic mass is 9.86. The van der Waals surface area contributed by atoms with E-state index in [4.69, 9.17) is 0 Å². The molecule has 6 nitrogen and oxygen atoms in total. The summed E-state index contributed by atoms with van der Waals surface area (Å²) in [6, 6.07) is 22.8. The van der Waals surface area contributed by atoms with Crippen molar-refractivity contribution in [1.29, 1.82) is 0 Å². The minimum Gasteiger partial charge on any atom is -0.396 e. The Labute approximate surface area is 193 Å². The lowest BCUT2D eigenvalue weighted by molar-refractivity contribution is -0.128. The van der Waals surface area contributed by atoms with Crippen molar-refractivity contribution in [1.82, 2.24) is 14.8 Å². The van der Waals surface area contributed by atoms with Gasteiger partial charge < -0.3 is 15.0 Å². The first-order valence-corrected chi connectivity index (χ1v) is 11.5. The van der Waals surface area contributed by atoms with Crippen LogP contribution in [0.2, 0.25) is 0 Å². The van der Waals surface area contributed by atoms with Gasteiger partial charge in [0.2, 0.25) is 5.91 Å². The van der Waals surface area contributed by atoms with Crippen molar-refractivity contribution < 1.29 is 9.90 Å². The first kappa shape index (κ1) is 21.6. The Morgan fingerprint density at radius 2 is 1.73 bits per heavy atom. The van der Waals surface area contributed by atoms with Gasteiger partial charge in [0.15, 0.2) is 0 Å². The molecule has 1 amide bonds. The second-order valence-corrected chi connectivity index (χ2v) is 9.14. The number of rotatable bonds is 5. The van der Waals surface area contributed by atoms with Crippen LogP contribution in [0.1, 0.15) is 30.3 Å². The van der Waals surface area contributed by atoms with Gasteiger partial charge in [-0.05, 0) is 37.2 Å². The van der Waals surface area contributed by atoms with Gasteiger partial charge in [0.05, 0.1) is 18.0 Å². The number of nitrogens with zero attached hydrogens (tertiary/aromatic N) is 2. The topological polar surface area (TPSA) is 74.6 Å². The van der Waals surface area contributed by atoms with Crippen LogP contribution in [0.5, 0.6) is 0 Å². The maximum Gasteiger partial charge on any atom is 0.258 e. The van der Waals surface area contributed by atoms with Crippen LogP contribution in [-0.2, 0) is 11.3 Å². The van der Waals surface area contributed by atoms with E-state index in [1.54, 1.807) is 0 Å². The molecule has 2 N–H and O–H groups in total. The lowest BCUT2D eigenvalue weighted by Gasteiger charge is -2.35. The van der Waals surface area contributed by atoms with Gasteiger partial charge in [0.25, 0.3) is 5.56 Å². The van der Waals surface area contributed by atoms with Gasteiger partial charge in [-0.25, -0.2) is 0 Å². The molecule has 5 atom stereocenters. The molecule has 1 saturated heterocycles. The Morgan fingerprint density at radius 3 is 2.39 bits per heavy atom. The number of nitrogens with one attached hydrogen (secondary N) is 1. The summed E-state index contributed by atoms with van der Waals surface area (Å²) in [4.78, 5) is 29.2. The summed E-state index contributed by atoms with van der Waals surface area (Å²) in [5.41, 5.74) is 3.36. The van der Waals surface area contributed by atoms with Gasteiger partial charge in [-0.3, -0.25) is 14.5 Å². The molecule has 0 unspecified atom stereocenters. The van der Waals surface area contributed by atoms with Gasteiger partial charge in [0.1, 0.15) is 0 Å². The highest BCUT2D eigenvalue weighted by molar-refractivity contribution is 5.81. The van der Waals surface area contributed by atoms with E-state index in [9.17, 15) is 14.7 Å². The van der Waals surface area contributed by atoms with Gasteiger partial charge in [-0.2, -0.15) is 0 Å². The van der Waals surface area contributed by atoms with Gasteiger partial charge in [-0.15, -0.1) is 0 Å². The van der Waals surface area contributed by atoms with Crippen LogP contribution in [0.3, 0.4) is 0 Å². The number of benzene rings is 2. The highest BCUT2D eigenvalue weighted by atomic mass is 16.3. The van der Waals surface area contributed by atoms with Gasteiger partial charge in [-0.1, -0.05) is 60.7 Å². The van der Waals surface area contributed by atoms with Crippen molar-refractivity contribution in [3.8, 4) is 11.1 Å². The van der Waals surface area contributed by atoms with Crippen molar-refractivity contribution in [2.75, 3.05) is 13.7 Å². The molecule has 3 heterocycles. The number of hydrogen-bond acceptors (Lipinski definition) is 4. The number of aromatic nitrogens is 1. The molecule has 0 spiro atoms. The summed E-state index contributed by atoms with van der Waals surface area (Å²) in [7, 11) is 1.99. The molecular formula is C27H29N3O3. The number of amides is 1. The molecule has 2 aliphatic heterocycles. The van der Waals surface area contributed by atoms with Crippen LogP contribution in [0.15, 0.2) is 77.6 Å². The minimum absolute atomic E-state index is 0.0443. The molecule has 33 heavy (non-hydrogen) atoms. The van der Waals surface area contributed by atoms with Crippen LogP contribution in [0, 0.1) is 11.8 Å². The van der Waals surface area contributed by atoms with Crippen LogP contribution >= 0.6 is 0 Å². The third kappa shape index (κ3) is 3.59. The molecule has 170 valence electrons. The van der Waals surface area contributed by atoms with E-state index in [0.29, 0.717) is 12.1 Å². The molecular weight excluding hydrogens is 414 g/mol. The number of hydrogen-bond donors (Lipinski definition) is 2. The molecule has 5 rings (SSSR count). The van der Waals surface area contributed by atoms with Crippen LogP contribution < -0.4 is 10.9 Å². The average molecular weight is 444 g/mol. The van der Waals surface area contributed by atoms with Gasteiger partial charge in [0, 0.05) is 36.4 Å². The van der Waals surface area contributed by atoms with Crippen LogP contribution in [0.25, 0.3) is 11.1 Å². The van der Waals surface area contributed by atoms with Crippen molar-refractivity contribution in [2.24, 2.45) is 11.8 Å². The van der Waals surface area contributed by atoms with Gasteiger partial charge >= 0.3 is 0 Å². The van der Waals surface area contributed by atoms with Crippen molar-refractivity contribution in [3.63, 3.8) is 0 Å². The normalized spacial score (nSPS) is 24.8. The summed E-state index contributed by atoms with van der Waals surface area (Å²) in [5.74, 6) is -0.771. The molecule has 1 aromatic heterocycles. The Bertz CT molecular complexity index is 1210. The molecule has 0 saturated carbocycles. The largest absolute Gasteiger partial charge is 0.396 e. The van der Waals surface area contributed by atoms with E-state index >= 15 is 0 Å². The molecule has 0 radical (unpaired) electrons. The van der Waals surface area contributed by atoms with Crippen molar-refractivity contribution in [3.05, 3.63) is 94.4 Å². The highest BCUT2D eigenvalue weighted by Crippen LogP contribution is 2.47. The van der Waals surface area contributed by atoms with Crippen LogP contribution in [-0.4, -0.2) is 40.2 Å². The van der Waals surface area contributed by atoms with E-state index in [-0.39, 0.29) is 42.1 Å². The van der Waals surface area contributed by atoms with Crippen molar-refractivity contribution in [2.45, 2.75) is 31.6 Å². The summed E-state index contributed by atoms with van der Waals surface area (Å²) in [6.07, 6.45) is 0. The third-order valence-electron chi connectivity index (χ3n) is 7.39. The molecule has 2 aliphatic rings. The molecule has 2 aromatic carbocycles. The fourth-order valence-corrected chi connectivity index (χ4v) is 5.66. The number of aliphatic hydroxyl groups is 1. The first-order chi connectivity index (χ1) is 16.0. The molecule has 0 aliphatic carbocycles. The van der Waals surface area contributed by atoms with E-state index in [0.717, 1.165) is 16.8 Å². The van der Waals surface area contributed by atoms with E-state index in [2.05, 4.69) is 10.2 Å². The molecule has 3 aromatic rings. The molecule has 6 heteroatoms. The fourth-order valence-electron chi connectivity index (χ4n) is 5.66. The van der Waals surface area contributed by atoms with E-state index in [1.807, 2.05) is 91.3 Å². The zero-order valence-corrected chi connectivity index (χ0v) is 18.9. The number of likely N-dealkylation sites (N-methyl/N-ethyl adjacent to an activating group) is 1. The summed E-state index contributed by atoms with van der Waals surface area (Å²) in [6.45, 7) is 2.33. The Balaban J connectivity index is 1.51. The molecule has 1 fully saturated rings. The van der Waals surface area contributed by atoms with Crippen LogP contribution in [0.4, 0.5) is 0 Å². The summed E-state index contributed by atoms with van der Waals surface area (Å²) < 4.78 is 1.81. The predicted octanol–water partition coefficient (Wildman–Crippen LogP) is 2.99. The summed E-state index contributed by atoms with van der Waals surface area (Å²) >= 11 is 0. The van der Waals surface area contributed by atoms with E-state index < -0.39 is 5.92 Å². The predicted molar refractivity (Wildman–Crippen MR) is 127 cm³/mol. The zero-order chi connectivity index (χ0) is 23.1. The average Bonchev–Trinajstić information content (AvgIpc) is 3.02. The summed E-state index contributed by atoms with van der Waals surface area (Å²) in [5, 5.41) is 13.4. The minimum atomic E-state index is -0.438. The Hall–Kier alpha value is -3.22. The number of carbonyl (C=O) groups is 1. The third-order valence-corrected chi connectivity index (χ3v) is 7.39. The number of carbonyl (C=O) groups excluding carboxylic acids is 1. The molecule has 2 bridgehead atoms. The quantitative estimate of drug-likeness (QED) is 0.636. The Morgan fingerprint density at radius 1 is 1.06 bits per heavy atom. The first-order valence-electron chi connectivity index (χ1n) is 11.5. The number of fused-ring (bicyclic) bond motifs is 4. The van der Waals surface area contributed by atoms with Crippen molar-refractivity contribution >= 4 is 5.91 Å². The second-order valence-electron chi connectivity index (χ2n) is 9.14. The monoisotopic (exact) mass is 443 g/mol. The maximum absolute atomic E-state index is 13.5. The number of aliphatic hydroxyl groups excluding tert-OH is 1. The zero-order valence-electron chi connectivity index (χ0n) is 18.9.